The molecule has 104 valence electrons. The van der Waals surface area contributed by atoms with Crippen LogP contribution in [0, 0.1) is 6.92 Å². The van der Waals surface area contributed by atoms with Gasteiger partial charge in [-0.05, 0) is 19.1 Å². The Morgan fingerprint density at radius 3 is 2.80 bits per heavy atom. The minimum Gasteiger partial charge on any atom is -0.348 e. The van der Waals surface area contributed by atoms with E-state index in [2.05, 4.69) is 16.9 Å². The SMILES string of the molecule is C=CCNC(=O)c1sc(N(C)c2ccccc2)nc1C. The number of nitrogens with zero attached hydrogens (tertiary/aromatic N) is 2. The van der Waals surface area contributed by atoms with Gasteiger partial charge in [0.25, 0.3) is 5.91 Å². The number of carbonyl (C=O) groups excluding carboxylic acids is 1. The van der Waals surface area contributed by atoms with Crippen molar-refractivity contribution in [1.29, 1.82) is 0 Å². The van der Waals surface area contributed by atoms with Crippen molar-refractivity contribution in [2.24, 2.45) is 0 Å². The van der Waals surface area contributed by atoms with E-state index in [-0.39, 0.29) is 5.91 Å². The van der Waals surface area contributed by atoms with E-state index in [0.717, 1.165) is 16.5 Å². The summed E-state index contributed by atoms with van der Waals surface area (Å²) in [6.07, 6.45) is 1.66. The van der Waals surface area contributed by atoms with Crippen LogP contribution in [0.3, 0.4) is 0 Å². The van der Waals surface area contributed by atoms with Gasteiger partial charge in [0.1, 0.15) is 4.88 Å². The Bertz CT molecular complexity index is 607. The largest absolute Gasteiger partial charge is 0.348 e. The molecule has 5 heteroatoms. The highest BCUT2D eigenvalue weighted by Gasteiger charge is 2.17. The van der Waals surface area contributed by atoms with Crippen molar-refractivity contribution >= 4 is 28.1 Å². The number of hydrogen-bond donors (Lipinski definition) is 1. The van der Waals surface area contributed by atoms with Gasteiger partial charge in [-0.15, -0.1) is 6.58 Å². The molecule has 20 heavy (non-hydrogen) atoms. The number of carbonyl (C=O) groups is 1. The fraction of sp³-hybridized carbons (Fsp3) is 0.200. The van der Waals surface area contributed by atoms with E-state index in [1.54, 1.807) is 6.08 Å². The van der Waals surface area contributed by atoms with Crippen molar-refractivity contribution in [1.82, 2.24) is 10.3 Å². The molecule has 0 aliphatic carbocycles. The predicted octanol–water partition coefficient (Wildman–Crippen LogP) is 3.14. The molecule has 1 N–H and O–H groups in total. The minimum atomic E-state index is -0.104. The lowest BCUT2D eigenvalue weighted by atomic mass is 10.3. The molecule has 0 fully saturated rings. The number of amides is 1. The summed E-state index contributed by atoms with van der Waals surface area (Å²) in [4.78, 5) is 19.1. The zero-order valence-electron chi connectivity index (χ0n) is 11.6. The van der Waals surface area contributed by atoms with Crippen molar-refractivity contribution < 1.29 is 4.79 Å². The molecule has 1 amide bonds. The first-order valence-corrected chi connectivity index (χ1v) is 7.10. The van der Waals surface area contributed by atoms with Gasteiger partial charge in [0.15, 0.2) is 5.13 Å². The van der Waals surface area contributed by atoms with Crippen molar-refractivity contribution in [3.05, 3.63) is 53.6 Å². The number of benzene rings is 1. The number of aromatic nitrogens is 1. The van der Waals surface area contributed by atoms with Gasteiger partial charge in [-0.3, -0.25) is 4.79 Å². The Labute approximate surface area is 122 Å². The van der Waals surface area contributed by atoms with Gasteiger partial charge < -0.3 is 10.2 Å². The summed E-state index contributed by atoms with van der Waals surface area (Å²) in [6.45, 7) is 5.89. The average Bonchev–Trinajstić information content (AvgIpc) is 2.87. The highest BCUT2D eigenvalue weighted by molar-refractivity contribution is 7.17. The highest BCUT2D eigenvalue weighted by Crippen LogP contribution is 2.30. The lowest BCUT2D eigenvalue weighted by molar-refractivity contribution is 0.0961. The number of rotatable bonds is 5. The molecule has 1 aromatic heterocycles. The molecule has 4 nitrogen and oxygen atoms in total. The van der Waals surface area contributed by atoms with Crippen molar-refractivity contribution in [2.45, 2.75) is 6.92 Å². The summed E-state index contributed by atoms with van der Waals surface area (Å²) in [5.41, 5.74) is 1.79. The average molecular weight is 287 g/mol. The fourth-order valence-electron chi connectivity index (χ4n) is 1.74. The van der Waals surface area contributed by atoms with E-state index in [1.165, 1.54) is 11.3 Å². The normalized spacial score (nSPS) is 10.1. The van der Waals surface area contributed by atoms with Crippen molar-refractivity contribution in [3.63, 3.8) is 0 Å². The third-order valence-corrected chi connectivity index (χ3v) is 4.06. The Morgan fingerprint density at radius 2 is 2.15 bits per heavy atom. The first kappa shape index (κ1) is 14.3. The molecule has 0 radical (unpaired) electrons. The first-order chi connectivity index (χ1) is 9.63. The van der Waals surface area contributed by atoms with Gasteiger partial charge >= 0.3 is 0 Å². The van der Waals surface area contributed by atoms with Crippen LogP contribution in [0.25, 0.3) is 0 Å². The molecule has 1 heterocycles. The summed E-state index contributed by atoms with van der Waals surface area (Å²) >= 11 is 1.39. The van der Waals surface area contributed by atoms with Crippen LogP contribution in [0.1, 0.15) is 15.4 Å². The zero-order valence-corrected chi connectivity index (χ0v) is 12.4. The standard InChI is InChI=1S/C15H17N3OS/c1-4-10-16-14(19)13-11(2)17-15(20-13)18(3)12-8-6-5-7-9-12/h4-9H,1,10H2,2-3H3,(H,16,19). The second-order valence-corrected chi connectivity index (χ2v) is 5.28. The van der Waals surface area contributed by atoms with E-state index in [4.69, 9.17) is 0 Å². The Balaban J connectivity index is 2.22. The molecule has 0 bridgehead atoms. The van der Waals surface area contributed by atoms with Crippen LogP contribution < -0.4 is 10.2 Å². The maximum atomic E-state index is 12.0. The molecule has 0 unspecified atom stereocenters. The summed E-state index contributed by atoms with van der Waals surface area (Å²) in [7, 11) is 1.94. The summed E-state index contributed by atoms with van der Waals surface area (Å²) in [6, 6.07) is 9.94. The van der Waals surface area contributed by atoms with E-state index in [0.29, 0.717) is 11.4 Å². The number of para-hydroxylation sites is 1. The third-order valence-electron chi connectivity index (χ3n) is 2.83. The molecule has 1 aromatic carbocycles. The minimum absolute atomic E-state index is 0.104. The lowest BCUT2D eigenvalue weighted by Crippen LogP contribution is -2.22. The molecular formula is C15H17N3OS. The van der Waals surface area contributed by atoms with Gasteiger partial charge in [0.2, 0.25) is 0 Å². The molecule has 0 saturated carbocycles. The summed E-state index contributed by atoms with van der Waals surface area (Å²) in [5.74, 6) is -0.104. The smallest absolute Gasteiger partial charge is 0.263 e. The second-order valence-electron chi connectivity index (χ2n) is 4.30. The van der Waals surface area contributed by atoms with Gasteiger partial charge in [0, 0.05) is 19.3 Å². The van der Waals surface area contributed by atoms with Crippen LogP contribution in [0.5, 0.6) is 0 Å². The van der Waals surface area contributed by atoms with Gasteiger partial charge in [-0.25, -0.2) is 4.98 Å². The van der Waals surface area contributed by atoms with Gasteiger partial charge in [0.05, 0.1) is 5.69 Å². The Morgan fingerprint density at radius 1 is 1.45 bits per heavy atom. The summed E-state index contributed by atoms with van der Waals surface area (Å²) < 4.78 is 0. The number of nitrogens with one attached hydrogen (secondary N) is 1. The zero-order chi connectivity index (χ0) is 14.5. The topological polar surface area (TPSA) is 45.2 Å². The molecule has 0 spiro atoms. The van der Waals surface area contributed by atoms with E-state index >= 15 is 0 Å². The molecular weight excluding hydrogens is 270 g/mol. The van der Waals surface area contributed by atoms with Crippen LogP contribution in [0.15, 0.2) is 43.0 Å². The van der Waals surface area contributed by atoms with E-state index in [1.807, 2.05) is 49.2 Å². The molecule has 0 aliphatic heterocycles. The molecule has 0 aliphatic rings. The molecule has 2 aromatic rings. The van der Waals surface area contributed by atoms with Crippen LogP contribution in [-0.2, 0) is 0 Å². The predicted molar refractivity (Wildman–Crippen MR) is 83.9 cm³/mol. The van der Waals surface area contributed by atoms with E-state index < -0.39 is 0 Å². The van der Waals surface area contributed by atoms with Crippen LogP contribution in [0.2, 0.25) is 0 Å². The quantitative estimate of drug-likeness (QED) is 0.859. The fourth-order valence-corrected chi connectivity index (χ4v) is 2.71. The molecule has 2 rings (SSSR count). The van der Waals surface area contributed by atoms with Crippen LogP contribution in [0.4, 0.5) is 10.8 Å². The van der Waals surface area contributed by atoms with Gasteiger partial charge in [-0.1, -0.05) is 35.6 Å². The molecule has 0 atom stereocenters. The van der Waals surface area contributed by atoms with Crippen LogP contribution >= 0.6 is 11.3 Å². The highest BCUT2D eigenvalue weighted by atomic mass is 32.1. The second kappa shape index (κ2) is 6.34. The maximum absolute atomic E-state index is 12.0. The first-order valence-electron chi connectivity index (χ1n) is 6.28. The lowest BCUT2D eigenvalue weighted by Gasteiger charge is -2.15. The van der Waals surface area contributed by atoms with E-state index in [9.17, 15) is 4.79 Å². The van der Waals surface area contributed by atoms with Crippen molar-refractivity contribution in [2.75, 3.05) is 18.5 Å². The number of hydrogen-bond acceptors (Lipinski definition) is 4. The van der Waals surface area contributed by atoms with Crippen LogP contribution in [-0.4, -0.2) is 24.5 Å². The monoisotopic (exact) mass is 287 g/mol. The number of thiazole rings is 1. The maximum Gasteiger partial charge on any atom is 0.263 e. The van der Waals surface area contributed by atoms with Gasteiger partial charge in [-0.2, -0.15) is 0 Å². The van der Waals surface area contributed by atoms with Crippen molar-refractivity contribution in [3.8, 4) is 0 Å². The Hall–Kier alpha value is -2.14. The number of anilines is 2. The summed E-state index contributed by atoms with van der Waals surface area (Å²) in [5, 5.41) is 3.58. The third kappa shape index (κ3) is 3.05. The number of aryl methyl sites for hydroxylation is 1. The molecule has 0 saturated heterocycles. The Kier molecular flexibility index (Phi) is 4.53.